The number of carboxylic acids is 1. The smallest absolute Gasteiger partial charge is 0.307 e. The molecule has 1 N–H and O–H groups in total. The summed E-state index contributed by atoms with van der Waals surface area (Å²) in [5.74, 6) is -0.936. The van der Waals surface area contributed by atoms with Gasteiger partial charge < -0.3 is 5.11 Å². The van der Waals surface area contributed by atoms with Crippen molar-refractivity contribution in [2.24, 2.45) is 5.92 Å². The molecule has 2 atom stereocenters. The summed E-state index contributed by atoms with van der Waals surface area (Å²) in [5.41, 5.74) is 0.792. The fourth-order valence-corrected chi connectivity index (χ4v) is 1.59. The molecule has 0 aromatic carbocycles. The Hall–Kier alpha value is -1.09. The molecule has 1 aliphatic carbocycles. The SMILES string of the molecule is O=C(O)C1CC1c1cc(Cl)ccn1. The van der Waals surface area contributed by atoms with Crippen molar-refractivity contribution in [2.45, 2.75) is 12.3 Å². The summed E-state index contributed by atoms with van der Waals surface area (Å²) in [4.78, 5) is 14.7. The number of carbonyl (C=O) groups is 1. The number of nitrogens with zero attached hydrogens (tertiary/aromatic N) is 1. The molecule has 13 heavy (non-hydrogen) atoms. The van der Waals surface area contributed by atoms with Gasteiger partial charge in [-0.2, -0.15) is 0 Å². The molecule has 0 spiro atoms. The fourth-order valence-electron chi connectivity index (χ4n) is 1.42. The second-order valence-electron chi connectivity index (χ2n) is 3.19. The molecular formula is C9H8ClNO2. The maximum absolute atomic E-state index is 10.6. The van der Waals surface area contributed by atoms with E-state index in [4.69, 9.17) is 16.7 Å². The van der Waals surface area contributed by atoms with Gasteiger partial charge in [-0.25, -0.2) is 0 Å². The number of aromatic nitrogens is 1. The normalized spacial score (nSPS) is 25.6. The van der Waals surface area contributed by atoms with E-state index < -0.39 is 5.97 Å². The molecule has 1 aromatic heterocycles. The van der Waals surface area contributed by atoms with Crippen LogP contribution in [0, 0.1) is 5.92 Å². The van der Waals surface area contributed by atoms with Crippen molar-refractivity contribution in [1.82, 2.24) is 4.98 Å². The Bertz CT molecular complexity index is 353. The minimum atomic E-state index is -0.744. The summed E-state index contributed by atoms with van der Waals surface area (Å²) < 4.78 is 0. The number of pyridine rings is 1. The Labute approximate surface area is 80.4 Å². The van der Waals surface area contributed by atoms with Gasteiger partial charge in [0.25, 0.3) is 0 Å². The molecule has 3 nitrogen and oxygen atoms in total. The van der Waals surface area contributed by atoms with Gasteiger partial charge in [-0.1, -0.05) is 11.6 Å². The molecule has 1 saturated carbocycles. The van der Waals surface area contributed by atoms with Crippen LogP contribution in [-0.2, 0) is 4.79 Å². The first-order valence-electron chi connectivity index (χ1n) is 4.03. The molecular weight excluding hydrogens is 190 g/mol. The van der Waals surface area contributed by atoms with Crippen LogP contribution in [0.3, 0.4) is 0 Å². The van der Waals surface area contributed by atoms with Crippen LogP contribution in [0.25, 0.3) is 0 Å². The van der Waals surface area contributed by atoms with Gasteiger partial charge >= 0.3 is 5.97 Å². The number of aliphatic carboxylic acids is 1. The first-order valence-corrected chi connectivity index (χ1v) is 4.40. The van der Waals surface area contributed by atoms with Crippen molar-refractivity contribution >= 4 is 17.6 Å². The predicted molar refractivity (Wildman–Crippen MR) is 47.7 cm³/mol. The van der Waals surface area contributed by atoms with Crippen molar-refractivity contribution in [3.63, 3.8) is 0 Å². The van der Waals surface area contributed by atoms with Gasteiger partial charge in [-0.15, -0.1) is 0 Å². The van der Waals surface area contributed by atoms with Gasteiger partial charge in [0.15, 0.2) is 0 Å². The number of hydrogen-bond donors (Lipinski definition) is 1. The minimum absolute atomic E-state index is 0.0659. The molecule has 0 amide bonds. The summed E-state index contributed by atoms with van der Waals surface area (Å²) in [6.07, 6.45) is 2.29. The second kappa shape index (κ2) is 3.00. The Morgan fingerprint density at radius 2 is 2.46 bits per heavy atom. The zero-order valence-corrected chi connectivity index (χ0v) is 7.53. The molecule has 2 rings (SSSR count). The van der Waals surface area contributed by atoms with Gasteiger partial charge in [0, 0.05) is 22.8 Å². The fraction of sp³-hybridized carbons (Fsp3) is 0.333. The molecule has 1 aromatic rings. The molecule has 4 heteroatoms. The van der Waals surface area contributed by atoms with Crippen LogP contribution in [0.4, 0.5) is 0 Å². The molecule has 0 radical (unpaired) electrons. The van der Waals surface area contributed by atoms with Crippen LogP contribution in [0.1, 0.15) is 18.0 Å². The van der Waals surface area contributed by atoms with Crippen LogP contribution < -0.4 is 0 Å². The highest BCUT2D eigenvalue weighted by Crippen LogP contribution is 2.46. The Balaban J connectivity index is 2.16. The quantitative estimate of drug-likeness (QED) is 0.788. The molecule has 0 bridgehead atoms. The second-order valence-corrected chi connectivity index (χ2v) is 3.62. The van der Waals surface area contributed by atoms with Crippen molar-refractivity contribution in [1.29, 1.82) is 0 Å². The summed E-state index contributed by atoms with van der Waals surface area (Å²) >= 11 is 5.76. The van der Waals surface area contributed by atoms with E-state index in [0.29, 0.717) is 11.4 Å². The van der Waals surface area contributed by atoms with E-state index in [1.165, 1.54) is 0 Å². The van der Waals surface area contributed by atoms with Gasteiger partial charge in [0.05, 0.1) is 5.92 Å². The van der Waals surface area contributed by atoms with Crippen molar-refractivity contribution in [3.8, 4) is 0 Å². The van der Waals surface area contributed by atoms with E-state index in [9.17, 15) is 4.79 Å². The lowest BCUT2D eigenvalue weighted by Gasteiger charge is -1.96. The van der Waals surface area contributed by atoms with E-state index in [2.05, 4.69) is 4.98 Å². The third kappa shape index (κ3) is 1.65. The molecule has 0 saturated heterocycles. The van der Waals surface area contributed by atoms with Gasteiger partial charge in [-0.3, -0.25) is 9.78 Å². The van der Waals surface area contributed by atoms with Crippen molar-refractivity contribution in [2.75, 3.05) is 0 Å². The van der Waals surface area contributed by atoms with Crippen LogP contribution in [0.5, 0.6) is 0 Å². The van der Waals surface area contributed by atoms with E-state index in [-0.39, 0.29) is 11.8 Å². The van der Waals surface area contributed by atoms with Crippen molar-refractivity contribution in [3.05, 3.63) is 29.0 Å². The summed E-state index contributed by atoms with van der Waals surface area (Å²) in [7, 11) is 0. The van der Waals surface area contributed by atoms with E-state index in [1.54, 1.807) is 18.3 Å². The van der Waals surface area contributed by atoms with Gasteiger partial charge in [0.2, 0.25) is 0 Å². The Morgan fingerprint density at radius 3 is 3.00 bits per heavy atom. The van der Waals surface area contributed by atoms with E-state index in [1.807, 2.05) is 0 Å². The molecule has 1 aliphatic rings. The van der Waals surface area contributed by atoms with Crippen molar-refractivity contribution < 1.29 is 9.90 Å². The number of halogens is 1. The van der Waals surface area contributed by atoms with Crippen LogP contribution in [0.15, 0.2) is 18.3 Å². The molecule has 1 heterocycles. The topological polar surface area (TPSA) is 50.2 Å². The van der Waals surface area contributed by atoms with Crippen LogP contribution in [-0.4, -0.2) is 16.1 Å². The standard InChI is InChI=1S/C9H8ClNO2/c10-5-1-2-11-8(3-5)6-4-7(6)9(12)13/h1-3,6-7H,4H2,(H,12,13). The van der Waals surface area contributed by atoms with Gasteiger partial charge in [-0.05, 0) is 18.6 Å². The maximum atomic E-state index is 10.6. The first kappa shape index (κ1) is 8.51. The predicted octanol–water partition coefficient (Wildman–Crippen LogP) is 1.92. The van der Waals surface area contributed by atoms with E-state index in [0.717, 1.165) is 5.69 Å². The zero-order chi connectivity index (χ0) is 9.42. The highest BCUT2D eigenvalue weighted by Gasteiger charge is 2.45. The summed E-state index contributed by atoms with van der Waals surface area (Å²) in [6.45, 7) is 0. The molecule has 68 valence electrons. The first-order chi connectivity index (χ1) is 6.18. The average Bonchev–Trinajstić information content (AvgIpc) is 2.82. The third-order valence-corrected chi connectivity index (χ3v) is 2.47. The number of carboxylic acid groups (broad SMARTS) is 1. The molecule has 1 fully saturated rings. The van der Waals surface area contributed by atoms with Gasteiger partial charge in [0.1, 0.15) is 0 Å². The Morgan fingerprint density at radius 1 is 1.69 bits per heavy atom. The zero-order valence-electron chi connectivity index (χ0n) is 6.77. The number of rotatable bonds is 2. The highest BCUT2D eigenvalue weighted by molar-refractivity contribution is 6.30. The third-order valence-electron chi connectivity index (χ3n) is 2.23. The maximum Gasteiger partial charge on any atom is 0.307 e. The van der Waals surface area contributed by atoms with Crippen LogP contribution >= 0.6 is 11.6 Å². The lowest BCUT2D eigenvalue weighted by Crippen LogP contribution is -1.99. The monoisotopic (exact) mass is 197 g/mol. The Kier molecular flexibility index (Phi) is 1.96. The summed E-state index contributed by atoms with van der Waals surface area (Å²) in [5, 5.41) is 9.31. The molecule has 0 aliphatic heterocycles. The largest absolute Gasteiger partial charge is 0.481 e. The van der Waals surface area contributed by atoms with Crippen LogP contribution in [0.2, 0.25) is 5.02 Å². The van der Waals surface area contributed by atoms with E-state index >= 15 is 0 Å². The average molecular weight is 198 g/mol. The summed E-state index contributed by atoms with van der Waals surface area (Å²) in [6, 6.07) is 3.42. The molecule has 2 unspecified atom stereocenters. The highest BCUT2D eigenvalue weighted by atomic mass is 35.5. The lowest BCUT2D eigenvalue weighted by molar-refractivity contribution is -0.138. The lowest BCUT2D eigenvalue weighted by atomic mass is 10.2. The minimum Gasteiger partial charge on any atom is -0.481 e. The number of hydrogen-bond acceptors (Lipinski definition) is 2.